The van der Waals surface area contributed by atoms with Crippen molar-refractivity contribution in [2.45, 2.75) is 70.6 Å². The Balaban J connectivity index is 1.46. The van der Waals surface area contributed by atoms with Gasteiger partial charge < -0.3 is 24.4 Å². The maximum atomic E-state index is 14.2. The Hall–Kier alpha value is -2.88. The van der Waals surface area contributed by atoms with Crippen molar-refractivity contribution in [1.29, 1.82) is 0 Å². The molecule has 0 amide bonds. The van der Waals surface area contributed by atoms with Gasteiger partial charge in [0.05, 0.1) is 6.61 Å². The van der Waals surface area contributed by atoms with Crippen LogP contribution in [-0.2, 0) is 28.6 Å². The molecule has 40 heavy (non-hydrogen) atoms. The zero-order chi connectivity index (χ0) is 28.8. The Labute approximate surface area is 232 Å². The van der Waals surface area contributed by atoms with Crippen molar-refractivity contribution in [3.63, 3.8) is 0 Å². The van der Waals surface area contributed by atoms with Crippen LogP contribution in [0.5, 0.6) is 0 Å². The van der Waals surface area contributed by atoms with Gasteiger partial charge in [0, 0.05) is 30.3 Å². The summed E-state index contributed by atoms with van der Waals surface area (Å²) in [6.45, 7) is 9.39. The number of halogens is 1. The SMILES string of the molecule is C=C1C(=O)[C@]23[C@H](OC(=O)/C=C/c4ccc(F)cc4)[C@H]1CC[C@H]2[C@@]12CO[C@]3(O)[C@@H](O)[C@@H]1C(C)(C)CC[C@@H]2OC(C)=O. The summed E-state index contributed by atoms with van der Waals surface area (Å²) in [5, 5.41) is 24.3. The van der Waals surface area contributed by atoms with E-state index in [-0.39, 0.29) is 12.2 Å². The molecule has 4 saturated carbocycles. The summed E-state index contributed by atoms with van der Waals surface area (Å²) in [6.07, 6.45) is 1.47. The highest BCUT2D eigenvalue weighted by Gasteiger charge is 2.88. The Kier molecular flexibility index (Phi) is 6.01. The lowest BCUT2D eigenvalue weighted by molar-refractivity contribution is -0.457. The molecule has 2 aliphatic heterocycles. The minimum Gasteiger partial charge on any atom is -0.462 e. The van der Waals surface area contributed by atoms with E-state index in [9.17, 15) is 29.0 Å². The highest BCUT2D eigenvalue weighted by molar-refractivity contribution is 6.05. The van der Waals surface area contributed by atoms with Crippen molar-refractivity contribution >= 4 is 23.8 Å². The minimum atomic E-state index is -2.33. The van der Waals surface area contributed by atoms with E-state index in [1.165, 1.54) is 43.3 Å². The van der Waals surface area contributed by atoms with Crippen molar-refractivity contribution < 1.29 is 43.2 Å². The largest absolute Gasteiger partial charge is 0.462 e. The van der Waals surface area contributed by atoms with E-state index in [0.29, 0.717) is 31.2 Å². The molecule has 0 radical (unpaired) electrons. The second-order valence-electron chi connectivity index (χ2n) is 12.8. The molecule has 214 valence electrons. The maximum Gasteiger partial charge on any atom is 0.331 e. The van der Waals surface area contributed by atoms with Crippen LogP contribution in [0.25, 0.3) is 6.08 Å². The number of ketones is 1. The van der Waals surface area contributed by atoms with Crippen LogP contribution in [0.2, 0.25) is 0 Å². The van der Waals surface area contributed by atoms with E-state index in [1.54, 1.807) is 0 Å². The average Bonchev–Trinajstić information content (AvgIpc) is 3.00. The third-order valence-electron chi connectivity index (χ3n) is 10.7. The fourth-order valence-electron chi connectivity index (χ4n) is 9.29. The Morgan fingerprint density at radius 3 is 2.52 bits per heavy atom. The first-order valence-electron chi connectivity index (χ1n) is 13.9. The summed E-state index contributed by atoms with van der Waals surface area (Å²) in [5.41, 5.74) is -2.46. The molecule has 9 heteroatoms. The number of hydrogen-bond donors (Lipinski definition) is 2. The van der Waals surface area contributed by atoms with E-state index < -0.39 is 81.6 Å². The molecule has 4 bridgehead atoms. The van der Waals surface area contributed by atoms with E-state index >= 15 is 0 Å². The second kappa shape index (κ2) is 8.81. The predicted molar refractivity (Wildman–Crippen MR) is 140 cm³/mol. The number of benzene rings is 1. The molecular weight excluding hydrogens is 519 g/mol. The third-order valence-corrected chi connectivity index (χ3v) is 10.7. The Bertz CT molecular complexity index is 1320. The van der Waals surface area contributed by atoms with Gasteiger partial charge in [0.15, 0.2) is 5.78 Å². The van der Waals surface area contributed by atoms with Gasteiger partial charge in [-0.05, 0) is 66.4 Å². The quantitative estimate of drug-likeness (QED) is 0.430. The summed E-state index contributed by atoms with van der Waals surface area (Å²) in [6, 6.07) is 5.56. The van der Waals surface area contributed by atoms with Crippen LogP contribution < -0.4 is 0 Å². The molecule has 2 saturated heterocycles. The van der Waals surface area contributed by atoms with Gasteiger partial charge >= 0.3 is 11.9 Å². The van der Waals surface area contributed by atoms with Gasteiger partial charge in [0.25, 0.3) is 0 Å². The van der Waals surface area contributed by atoms with Crippen LogP contribution in [0.15, 0.2) is 42.5 Å². The number of hydrogen-bond acceptors (Lipinski definition) is 8. The van der Waals surface area contributed by atoms with Gasteiger partial charge in [-0.1, -0.05) is 32.6 Å². The number of carbonyl (C=O) groups is 3. The van der Waals surface area contributed by atoms with E-state index in [2.05, 4.69) is 6.58 Å². The smallest absolute Gasteiger partial charge is 0.331 e. The van der Waals surface area contributed by atoms with E-state index in [4.69, 9.17) is 14.2 Å². The number of aliphatic hydroxyl groups is 2. The topological polar surface area (TPSA) is 119 Å². The number of rotatable bonds is 4. The fraction of sp³-hybridized carbons (Fsp3) is 0.581. The molecule has 9 atom stereocenters. The predicted octanol–water partition coefficient (Wildman–Crippen LogP) is 3.35. The van der Waals surface area contributed by atoms with Gasteiger partial charge in [0.1, 0.15) is 29.5 Å². The second-order valence-corrected chi connectivity index (χ2v) is 12.8. The van der Waals surface area contributed by atoms with E-state index in [1.807, 2.05) is 13.8 Å². The molecule has 1 aromatic rings. The van der Waals surface area contributed by atoms with Gasteiger partial charge in [-0.25, -0.2) is 9.18 Å². The van der Waals surface area contributed by atoms with Gasteiger partial charge in [-0.15, -0.1) is 0 Å². The Morgan fingerprint density at radius 2 is 1.85 bits per heavy atom. The standard InChI is InChI=1S/C31H35FO8/c1-16-20-10-11-21-29-15-38-31(37,26(36)24(29)28(3,4)14-13-22(29)39-17(2)33)30(21,25(16)35)27(20)40-23(34)12-7-18-5-8-19(32)9-6-18/h5-9,12,20-22,24,26-27,36-37H,1,10-11,13-15H2,2-4H3/b12-7+/t20-,21-,22-,24+,26-,27+,29+,30-,31+/m0/s1. The Morgan fingerprint density at radius 1 is 1.15 bits per heavy atom. The van der Waals surface area contributed by atoms with Gasteiger partial charge in [0.2, 0.25) is 5.79 Å². The molecule has 0 aromatic heterocycles. The minimum absolute atomic E-state index is 0.00538. The summed E-state index contributed by atoms with van der Waals surface area (Å²) in [7, 11) is 0. The van der Waals surface area contributed by atoms with Crippen LogP contribution in [0.3, 0.4) is 0 Å². The number of carbonyl (C=O) groups excluding carboxylic acids is 3. The van der Waals surface area contributed by atoms with Crippen molar-refractivity contribution in [2.75, 3.05) is 6.61 Å². The average molecular weight is 555 g/mol. The lowest BCUT2D eigenvalue weighted by Gasteiger charge is -2.74. The zero-order valence-electron chi connectivity index (χ0n) is 22.9. The lowest BCUT2D eigenvalue weighted by Crippen LogP contribution is -2.86. The summed E-state index contributed by atoms with van der Waals surface area (Å²) < 4.78 is 31.3. The van der Waals surface area contributed by atoms with Crippen LogP contribution >= 0.6 is 0 Å². The first kappa shape index (κ1) is 27.3. The third kappa shape index (κ3) is 3.31. The van der Waals surface area contributed by atoms with Crippen LogP contribution in [0.1, 0.15) is 52.0 Å². The number of ether oxygens (including phenoxy) is 3. The molecule has 1 aromatic carbocycles. The van der Waals surface area contributed by atoms with Gasteiger partial charge in [-0.2, -0.15) is 0 Å². The van der Waals surface area contributed by atoms with Crippen molar-refractivity contribution in [3.8, 4) is 0 Å². The number of esters is 2. The van der Waals surface area contributed by atoms with E-state index in [0.717, 1.165) is 0 Å². The summed E-state index contributed by atoms with van der Waals surface area (Å²) in [4.78, 5) is 39.7. The molecule has 8 nitrogen and oxygen atoms in total. The molecule has 7 rings (SSSR count). The molecule has 2 N–H and O–H groups in total. The molecule has 6 fully saturated rings. The highest BCUT2D eigenvalue weighted by atomic mass is 19.1. The maximum absolute atomic E-state index is 14.2. The molecule has 2 spiro atoms. The van der Waals surface area contributed by atoms with Crippen molar-refractivity contribution in [3.05, 3.63) is 53.9 Å². The van der Waals surface area contributed by atoms with Crippen molar-refractivity contribution in [2.24, 2.45) is 34.0 Å². The number of Topliss-reactive ketones (excluding diaryl/α,β-unsaturated/α-hetero) is 1. The number of aliphatic hydroxyl groups excluding tert-OH is 1. The molecular formula is C31H35FO8. The van der Waals surface area contributed by atoms with Crippen LogP contribution in [-0.4, -0.2) is 58.6 Å². The lowest BCUT2D eigenvalue weighted by atomic mass is 9.35. The fourth-order valence-corrected chi connectivity index (χ4v) is 9.29. The first-order chi connectivity index (χ1) is 18.8. The normalized spacial score (nSPS) is 42.9. The molecule has 4 aliphatic carbocycles. The van der Waals surface area contributed by atoms with Gasteiger partial charge in [-0.3, -0.25) is 9.59 Å². The summed E-state index contributed by atoms with van der Waals surface area (Å²) in [5.74, 6) is -6.16. The highest BCUT2D eigenvalue weighted by Crippen LogP contribution is 2.77. The number of fused-ring (bicyclic) bond motifs is 2. The van der Waals surface area contributed by atoms with Crippen LogP contribution in [0, 0.1) is 39.8 Å². The van der Waals surface area contributed by atoms with Crippen molar-refractivity contribution in [1.82, 2.24) is 0 Å². The van der Waals surface area contributed by atoms with Crippen LogP contribution in [0.4, 0.5) is 4.39 Å². The molecule has 0 unspecified atom stereocenters. The monoisotopic (exact) mass is 554 g/mol. The molecule has 6 aliphatic rings. The zero-order valence-corrected chi connectivity index (χ0v) is 22.9. The molecule has 2 heterocycles. The summed E-state index contributed by atoms with van der Waals surface area (Å²) >= 11 is 0. The first-order valence-corrected chi connectivity index (χ1v) is 13.9.